The number of amides is 1. The summed E-state index contributed by atoms with van der Waals surface area (Å²) in [7, 11) is 1.58. The van der Waals surface area contributed by atoms with Gasteiger partial charge in [-0.25, -0.2) is 5.43 Å². The van der Waals surface area contributed by atoms with E-state index >= 15 is 0 Å². The molecule has 6 heteroatoms. The number of carbonyl (C=O) groups excluding carboxylic acids is 1. The van der Waals surface area contributed by atoms with E-state index in [4.69, 9.17) is 9.84 Å². The van der Waals surface area contributed by atoms with Crippen molar-refractivity contribution in [2.45, 2.75) is 6.42 Å². The van der Waals surface area contributed by atoms with E-state index in [1.165, 1.54) is 24.4 Å². The van der Waals surface area contributed by atoms with Gasteiger partial charge in [0.2, 0.25) is 5.91 Å². The van der Waals surface area contributed by atoms with E-state index in [1.807, 2.05) is 0 Å². The van der Waals surface area contributed by atoms with Crippen LogP contribution in [0.3, 0.4) is 0 Å². The fourth-order valence-electron chi connectivity index (χ4n) is 1.78. The van der Waals surface area contributed by atoms with Gasteiger partial charge in [-0.05, 0) is 29.8 Å². The second-order valence-electron chi connectivity index (χ2n) is 4.56. The Hall–Kier alpha value is -3.02. The normalized spacial score (nSPS) is 10.6. The molecule has 0 atom stereocenters. The van der Waals surface area contributed by atoms with Crippen LogP contribution >= 0.6 is 0 Å². The molecule has 22 heavy (non-hydrogen) atoms. The van der Waals surface area contributed by atoms with Crippen molar-refractivity contribution in [1.82, 2.24) is 5.43 Å². The van der Waals surface area contributed by atoms with Crippen LogP contribution in [-0.4, -0.2) is 29.4 Å². The van der Waals surface area contributed by atoms with Gasteiger partial charge >= 0.3 is 0 Å². The van der Waals surface area contributed by atoms with Crippen LogP contribution in [0.2, 0.25) is 0 Å². The molecule has 114 valence electrons. The number of benzene rings is 2. The summed E-state index contributed by atoms with van der Waals surface area (Å²) in [5.74, 6) is 0.288. The Labute approximate surface area is 127 Å². The molecule has 2 rings (SSSR count). The van der Waals surface area contributed by atoms with Crippen molar-refractivity contribution >= 4 is 12.1 Å². The fourth-order valence-corrected chi connectivity index (χ4v) is 1.78. The van der Waals surface area contributed by atoms with E-state index in [2.05, 4.69) is 10.5 Å². The van der Waals surface area contributed by atoms with Crippen LogP contribution in [0.4, 0.5) is 0 Å². The predicted molar refractivity (Wildman–Crippen MR) is 82.2 cm³/mol. The van der Waals surface area contributed by atoms with E-state index in [0.29, 0.717) is 5.56 Å². The van der Waals surface area contributed by atoms with Crippen molar-refractivity contribution in [3.05, 3.63) is 53.6 Å². The number of aromatic hydroxyl groups is 2. The molecular weight excluding hydrogens is 284 g/mol. The van der Waals surface area contributed by atoms with E-state index < -0.39 is 0 Å². The first kappa shape index (κ1) is 15.4. The van der Waals surface area contributed by atoms with Gasteiger partial charge in [0.25, 0.3) is 0 Å². The van der Waals surface area contributed by atoms with Gasteiger partial charge < -0.3 is 14.9 Å². The van der Waals surface area contributed by atoms with Crippen molar-refractivity contribution in [3.8, 4) is 17.2 Å². The van der Waals surface area contributed by atoms with Crippen LogP contribution in [0.5, 0.6) is 17.2 Å². The molecule has 0 aliphatic rings. The minimum absolute atomic E-state index is 0.0433. The quantitative estimate of drug-likeness (QED) is 0.580. The molecule has 0 aliphatic heterocycles. The number of nitrogens with one attached hydrogen (secondary N) is 1. The topological polar surface area (TPSA) is 91.2 Å². The Morgan fingerprint density at radius 2 is 1.95 bits per heavy atom. The number of phenols is 2. The molecule has 0 saturated heterocycles. The SMILES string of the molecule is COc1ccc(CC(=O)N/N=C\c2ccc(O)cc2O)cc1. The predicted octanol–water partition coefficient (Wildman–Crippen LogP) is 1.80. The third kappa shape index (κ3) is 4.24. The lowest BCUT2D eigenvalue weighted by Crippen LogP contribution is -2.19. The Kier molecular flexibility index (Phi) is 4.98. The van der Waals surface area contributed by atoms with E-state index in [0.717, 1.165) is 11.3 Å². The Balaban J connectivity index is 1.90. The summed E-state index contributed by atoms with van der Waals surface area (Å²) in [6.07, 6.45) is 1.49. The summed E-state index contributed by atoms with van der Waals surface area (Å²) in [5.41, 5.74) is 3.60. The van der Waals surface area contributed by atoms with Crippen LogP contribution in [-0.2, 0) is 11.2 Å². The number of ether oxygens (including phenoxy) is 1. The fraction of sp³-hybridized carbons (Fsp3) is 0.125. The van der Waals surface area contributed by atoms with E-state index in [9.17, 15) is 9.90 Å². The molecule has 0 radical (unpaired) electrons. The van der Waals surface area contributed by atoms with Gasteiger partial charge in [0.1, 0.15) is 17.2 Å². The monoisotopic (exact) mass is 300 g/mol. The Morgan fingerprint density at radius 3 is 2.59 bits per heavy atom. The number of nitrogens with zero attached hydrogens (tertiary/aromatic N) is 1. The van der Waals surface area contributed by atoms with Crippen molar-refractivity contribution in [1.29, 1.82) is 0 Å². The highest BCUT2D eigenvalue weighted by Crippen LogP contribution is 2.20. The van der Waals surface area contributed by atoms with Crippen LogP contribution in [0.15, 0.2) is 47.6 Å². The van der Waals surface area contributed by atoms with Crippen molar-refractivity contribution in [3.63, 3.8) is 0 Å². The van der Waals surface area contributed by atoms with Gasteiger partial charge in [-0.15, -0.1) is 0 Å². The van der Waals surface area contributed by atoms with Gasteiger partial charge in [0.15, 0.2) is 0 Å². The second kappa shape index (κ2) is 7.12. The smallest absolute Gasteiger partial charge is 0.244 e. The van der Waals surface area contributed by atoms with E-state index in [-0.39, 0.29) is 23.8 Å². The largest absolute Gasteiger partial charge is 0.508 e. The lowest BCUT2D eigenvalue weighted by molar-refractivity contribution is -0.120. The van der Waals surface area contributed by atoms with Gasteiger partial charge in [0.05, 0.1) is 19.7 Å². The number of phenolic OH excluding ortho intramolecular Hbond substituents is 2. The number of hydrazone groups is 1. The summed E-state index contributed by atoms with van der Waals surface area (Å²) in [6, 6.07) is 11.3. The maximum absolute atomic E-state index is 11.7. The molecule has 0 aromatic heterocycles. The molecule has 0 saturated carbocycles. The van der Waals surface area contributed by atoms with Crippen LogP contribution in [0.1, 0.15) is 11.1 Å². The molecule has 2 aromatic rings. The zero-order valence-corrected chi connectivity index (χ0v) is 12.0. The van der Waals surface area contributed by atoms with Crippen LogP contribution < -0.4 is 10.2 Å². The second-order valence-corrected chi connectivity index (χ2v) is 4.56. The molecule has 2 aromatic carbocycles. The maximum Gasteiger partial charge on any atom is 0.244 e. The number of hydrogen-bond donors (Lipinski definition) is 3. The first-order valence-corrected chi connectivity index (χ1v) is 6.55. The van der Waals surface area contributed by atoms with Gasteiger partial charge in [-0.3, -0.25) is 4.79 Å². The number of hydrogen-bond acceptors (Lipinski definition) is 5. The summed E-state index contributed by atoms with van der Waals surface area (Å²) in [5, 5.41) is 22.5. The molecule has 0 spiro atoms. The highest BCUT2D eigenvalue weighted by molar-refractivity contribution is 5.85. The van der Waals surface area contributed by atoms with E-state index in [1.54, 1.807) is 31.4 Å². The van der Waals surface area contributed by atoms with Crippen molar-refractivity contribution < 1.29 is 19.7 Å². The average molecular weight is 300 g/mol. The molecule has 0 aliphatic carbocycles. The standard InChI is InChI=1S/C16H16N2O4/c1-22-14-6-2-11(3-7-14)8-16(21)18-17-10-12-4-5-13(19)9-15(12)20/h2-7,9-10,19-20H,8H2,1H3,(H,18,21)/b17-10-. The Morgan fingerprint density at radius 1 is 1.23 bits per heavy atom. The van der Waals surface area contributed by atoms with Crippen molar-refractivity contribution in [2.75, 3.05) is 7.11 Å². The zero-order chi connectivity index (χ0) is 15.9. The highest BCUT2D eigenvalue weighted by Gasteiger charge is 2.03. The summed E-state index contributed by atoms with van der Waals surface area (Å²) in [4.78, 5) is 11.7. The molecule has 0 fully saturated rings. The molecule has 3 N–H and O–H groups in total. The van der Waals surface area contributed by atoms with Crippen LogP contribution in [0.25, 0.3) is 0 Å². The maximum atomic E-state index is 11.7. The molecule has 0 bridgehead atoms. The Bertz CT molecular complexity index is 681. The van der Waals surface area contributed by atoms with Gasteiger partial charge in [-0.2, -0.15) is 5.10 Å². The first-order valence-electron chi connectivity index (χ1n) is 6.55. The third-order valence-corrected chi connectivity index (χ3v) is 2.93. The average Bonchev–Trinajstić information content (AvgIpc) is 2.50. The number of carbonyl (C=O) groups is 1. The van der Waals surface area contributed by atoms with Crippen LogP contribution in [0, 0.1) is 0 Å². The van der Waals surface area contributed by atoms with Crippen molar-refractivity contribution in [2.24, 2.45) is 5.10 Å². The molecular formula is C16H16N2O4. The molecule has 1 amide bonds. The molecule has 0 heterocycles. The first-order chi connectivity index (χ1) is 10.6. The summed E-state index contributed by atoms with van der Waals surface area (Å²) < 4.78 is 5.04. The van der Waals surface area contributed by atoms with Gasteiger partial charge in [0, 0.05) is 11.6 Å². The minimum Gasteiger partial charge on any atom is -0.508 e. The molecule has 0 unspecified atom stereocenters. The summed E-state index contributed by atoms with van der Waals surface area (Å²) in [6.45, 7) is 0. The van der Waals surface area contributed by atoms with Gasteiger partial charge in [-0.1, -0.05) is 12.1 Å². The number of methoxy groups -OCH3 is 1. The molecule has 6 nitrogen and oxygen atoms in total. The number of rotatable bonds is 5. The lowest BCUT2D eigenvalue weighted by Gasteiger charge is -2.03. The third-order valence-electron chi connectivity index (χ3n) is 2.93. The zero-order valence-electron chi connectivity index (χ0n) is 12.0. The highest BCUT2D eigenvalue weighted by atomic mass is 16.5. The summed E-state index contributed by atoms with van der Waals surface area (Å²) >= 11 is 0. The minimum atomic E-state index is -0.278. The lowest BCUT2D eigenvalue weighted by atomic mass is 10.1.